The molecular formula is C14H20INO. The molecule has 0 aliphatic heterocycles. The van der Waals surface area contributed by atoms with E-state index >= 15 is 0 Å². The van der Waals surface area contributed by atoms with Gasteiger partial charge in [0, 0.05) is 15.7 Å². The number of unbranched alkanes of at least 4 members (excludes halogenated alkanes) is 4. The summed E-state index contributed by atoms with van der Waals surface area (Å²) in [5.74, 6) is 0.0388. The van der Waals surface area contributed by atoms with Crippen molar-refractivity contribution in [3.05, 3.63) is 33.4 Å². The summed E-state index contributed by atoms with van der Waals surface area (Å²) in [6, 6.07) is 7.65. The molecule has 0 aromatic heterocycles. The van der Waals surface area contributed by atoms with Crippen LogP contribution in [0.3, 0.4) is 0 Å². The summed E-state index contributed by atoms with van der Waals surface area (Å²) < 4.78 is 1.15. The van der Waals surface area contributed by atoms with Crippen LogP contribution in [0.25, 0.3) is 0 Å². The first-order valence-corrected chi connectivity index (χ1v) is 7.35. The van der Waals surface area contributed by atoms with Crippen LogP contribution in [0.4, 0.5) is 0 Å². The molecule has 1 rings (SSSR count). The van der Waals surface area contributed by atoms with Crippen molar-refractivity contribution in [3.8, 4) is 0 Å². The zero-order chi connectivity index (χ0) is 12.5. The van der Waals surface area contributed by atoms with Crippen molar-refractivity contribution < 1.29 is 4.79 Å². The highest BCUT2D eigenvalue weighted by atomic mass is 127. The Labute approximate surface area is 117 Å². The molecule has 1 aromatic rings. The van der Waals surface area contributed by atoms with Gasteiger partial charge in [-0.05, 0) is 53.3 Å². The molecule has 17 heavy (non-hydrogen) atoms. The summed E-state index contributed by atoms with van der Waals surface area (Å²) in [5.41, 5.74) is 0.749. The van der Waals surface area contributed by atoms with E-state index in [0.29, 0.717) is 0 Å². The first kappa shape index (κ1) is 14.5. The zero-order valence-electron chi connectivity index (χ0n) is 10.3. The van der Waals surface area contributed by atoms with E-state index in [0.717, 1.165) is 22.1 Å². The molecule has 0 saturated carbocycles. The number of carbonyl (C=O) groups is 1. The lowest BCUT2D eigenvalue weighted by molar-refractivity contribution is 0.0953. The predicted octanol–water partition coefficient (Wildman–Crippen LogP) is 3.99. The zero-order valence-corrected chi connectivity index (χ0v) is 12.5. The summed E-state index contributed by atoms with van der Waals surface area (Å²) in [5, 5.41) is 2.95. The number of halogens is 1. The number of hydrogen-bond donors (Lipinski definition) is 1. The number of rotatable bonds is 7. The number of carbonyl (C=O) groups excluding carboxylic acids is 1. The first-order chi connectivity index (χ1) is 8.24. The van der Waals surface area contributed by atoms with Crippen molar-refractivity contribution in [2.24, 2.45) is 0 Å². The molecule has 0 saturated heterocycles. The van der Waals surface area contributed by atoms with Crippen LogP contribution in [0, 0.1) is 3.57 Å². The van der Waals surface area contributed by atoms with Gasteiger partial charge in [-0.15, -0.1) is 0 Å². The molecule has 0 fully saturated rings. The molecule has 0 atom stereocenters. The monoisotopic (exact) mass is 345 g/mol. The Balaban J connectivity index is 2.19. The van der Waals surface area contributed by atoms with Crippen molar-refractivity contribution in [3.63, 3.8) is 0 Å². The quantitative estimate of drug-likeness (QED) is 0.588. The van der Waals surface area contributed by atoms with Crippen molar-refractivity contribution in [2.75, 3.05) is 6.54 Å². The van der Waals surface area contributed by atoms with Gasteiger partial charge in [0.25, 0.3) is 5.91 Å². The fourth-order valence-corrected chi connectivity index (χ4v) is 1.99. The Morgan fingerprint density at radius 2 is 1.76 bits per heavy atom. The third-order valence-electron chi connectivity index (χ3n) is 2.67. The fourth-order valence-electron chi connectivity index (χ4n) is 1.63. The van der Waals surface area contributed by atoms with E-state index in [1.165, 1.54) is 25.7 Å². The average molecular weight is 345 g/mol. The third-order valence-corrected chi connectivity index (χ3v) is 3.39. The molecule has 0 aliphatic rings. The van der Waals surface area contributed by atoms with Gasteiger partial charge < -0.3 is 5.32 Å². The van der Waals surface area contributed by atoms with Crippen LogP contribution in [0.2, 0.25) is 0 Å². The first-order valence-electron chi connectivity index (χ1n) is 6.28. The Morgan fingerprint density at radius 1 is 1.12 bits per heavy atom. The minimum atomic E-state index is 0.0388. The number of nitrogens with one attached hydrogen (secondary N) is 1. The molecule has 0 radical (unpaired) electrons. The smallest absolute Gasteiger partial charge is 0.251 e. The van der Waals surface area contributed by atoms with Gasteiger partial charge in [0.15, 0.2) is 0 Å². The van der Waals surface area contributed by atoms with Crippen molar-refractivity contribution >= 4 is 28.5 Å². The Kier molecular flexibility index (Phi) is 7.24. The van der Waals surface area contributed by atoms with Gasteiger partial charge in [0.05, 0.1) is 0 Å². The highest BCUT2D eigenvalue weighted by Crippen LogP contribution is 2.07. The third kappa shape index (κ3) is 6.05. The average Bonchev–Trinajstić information content (AvgIpc) is 2.34. The summed E-state index contributed by atoms with van der Waals surface area (Å²) in [7, 11) is 0. The standard InChI is InChI=1S/C14H20INO/c1-2-3-4-5-6-11-16-14(17)12-7-9-13(15)10-8-12/h7-10H,2-6,11H2,1H3,(H,16,17). The van der Waals surface area contributed by atoms with Crippen LogP contribution in [0.15, 0.2) is 24.3 Å². The maximum atomic E-state index is 11.7. The maximum absolute atomic E-state index is 11.7. The van der Waals surface area contributed by atoms with E-state index < -0.39 is 0 Å². The van der Waals surface area contributed by atoms with E-state index in [4.69, 9.17) is 0 Å². The van der Waals surface area contributed by atoms with Gasteiger partial charge in [0.2, 0.25) is 0 Å². The largest absolute Gasteiger partial charge is 0.352 e. The molecule has 3 heteroatoms. The van der Waals surface area contributed by atoms with Crippen LogP contribution in [0.5, 0.6) is 0 Å². The molecule has 94 valence electrons. The molecule has 0 aliphatic carbocycles. The van der Waals surface area contributed by atoms with Crippen LogP contribution < -0.4 is 5.32 Å². The van der Waals surface area contributed by atoms with Crippen LogP contribution >= 0.6 is 22.6 Å². The lowest BCUT2D eigenvalue weighted by Crippen LogP contribution is -2.24. The highest BCUT2D eigenvalue weighted by molar-refractivity contribution is 14.1. The van der Waals surface area contributed by atoms with Gasteiger partial charge in [-0.2, -0.15) is 0 Å². The van der Waals surface area contributed by atoms with Crippen LogP contribution in [-0.2, 0) is 0 Å². The minimum Gasteiger partial charge on any atom is -0.352 e. The molecule has 0 bridgehead atoms. The second-order valence-electron chi connectivity index (χ2n) is 4.18. The van der Waals surface area contributed by atoms with Crippen LogP contribution in [0.1, 0.15) is 49.4 Å². The van der Waals surface area contributed by atoms with Crippen molar-refractivity contribution in [1.82, 2.24) is 5.32 Å². The topological polar surface area (TPSA) is 29.1 Å². The molecule has 1 amide bonds. The summed E-state index contributed by atoms with van der Waals surface area (Å²) in [6.07, 6.45) is 6.12. The fraction of sp³-hybridized carbons (Fsp3) is 0.500. The van der Waals surface area contributed by atoms with Gasteiger partial charge in [-0.3, -0.25) is 4.79 Å². The maximum Gasteiger partial charge on any atom is 0.251 e. The van der Waals surface area contributed by atoms with Gasteiger partial charge in [-0.1, -0.05) is 32.6 Å². The second-order valence-corrected chi connectivity index (χ2v) is 5.42. The van der Waals surface area contributed by atoms with E-state index in [9.17, 15) is 4.79 Å². The Hall–Kier alpha value is -0.580. The molecule has 1 aromatic carbocycles. The molecule has 0 heterocycles. The van der Waals surface area contributed by atoms with Crippen molar-refractivity contribution in [2.45, 2.75) is 39.0 Å². The molecule has 2 nitrogen and oxygen atoms in total. The SMILES string of the molecule is CCCCCCCNC(=O)c1ccc(I)cc1. The van der Waals surface area contributed by atoms with Gasteiger partial charge in [0.1, 0.15) is 0 Å². The summed E-state index contributed by atoms with van der Waals surface area (Å²) >= 11 is 2.24. The second kappa shape index (κ2) is 8.50. The van der Waals surface area contributed by atoms with E-state index in [1.54, 1.807) is 0 Å². The Bertz CT molecular complexity index is 335. The molecule has 0 spiro atoms. The van der Waals surface area contributed by atoms with Gasteiger partial charge >= 0.3 is 0 Å². The van der Waals surface area contributed by atoms with E-state index in [-0.39, 0.29) is 5.91 Å². The summed E-state index contributed by atoms with van der Waals surface area (Å²) in [4.78, 5) is 11.7. The molecule has 0 unspecified atom stereocenters. The predicted molar refractivity (Wildman–Crippen MR) is 80.3 cm³/mol. The lowest BCUT2D eigenvalue weighted by atomic mass is 10.1. The molecule has 1 N–H and O–H groups in total. The Morgan fingerprint density at radius 3 is 2.41 bits per heavy atom. The normalized spacial score (nSPS) is 10.2. The van der Waals surface area contributed by atoms with Crippen LogP contribution in [-0.4, -0.2) is 12.5 Å². The van der Waals surface area contributed by atoms with E-state index in [2.05, 4.69) is 34.8 Å². The highest BCUT2D eigenvalue weighted by Gasteiger charge is 2.03. The number of benzene rings is 1. The van der Waals surface area contributed by atoms with Gasteiger partial charge in [-0.25, -0.2) is 0 Å². The van der Waals surface area contributed by atoms with Crippen molar-refractivity contribution in [1.29, 1.82) is 0 Å². The van der Waals surface area contributed by atoms with E-state index in [1.807, 2.05) is 24.3 Å². The number of hydrogen-bond acceptors (Lipinski definition) is 1. The summed E-state index contributed by atoms with van der Waals surface area (Å²) in [6.45, 7) is 2.99. The molecular weight excluding hydrogens is 325 g/mol. The number of amides is 1. The minimum absolute atomic E-state index is 0.0388. The lowest BCUT2D eigenvalue weighted by Gasteiger charge is -2.05.